The Morgan fingerprint density at radius 2 is 1.96 bits per heavy atom. The lowest BCUT2D eigenvalue weighted by Crippen LogP contribution is -2.14. The lowest BCUT2D eigenvalue weighted by molar-refractivity contribution is 0.450. The summed E-state index contributed by atoms with van der Waals surface area (Å²) in [5.41, 5.74) is 3.04. The fourth-order valence-electron chi connectivity index (χ4n) is 2.50. The predicted octanol–water partition coefficient (Wildman–Crippen LogP) is 4.75. The standard InChI is InChI=1S/C20H18BrN3O2S/c1-3-10-22-20-24(18(12-27-20)14-4-6-15(21)7-5-14)23-13(2)17-9-8-16(25)11-19(17)26/h3-9,11-12,25-26H,1,10H2,2H3. The number of phenols is 2. The van der Waals surface area contributed by atoms with E-state index in [2.05, 4.69) is 27.5 Å². The van der Waals surface area contributed by atoms with Gasteiger partial charge in [-0.3, -0.25) is 4.99 Å². The first-order chi connectivity index (χ1) is 13.0. The highest BCUT2D eigenvalue weighted by molar-refractivity contribution is 9.10. The van der Waals surface area contributed by atoms with Crippen molar-refractivity contribution in [1.29, 1.82) is 0 Å². The summed E-state index contributed by atoms with van der Waals surface area (Å²) in [5, 5.41) is 26.3. The van der Waals surface area contributed by atoms with Crippen molar-refractivity contribution in [2.75, 3.05) is 6.54 Å². The number of rotatable bonds is 5. The highest BCUT2D eigenvalue weighted by Gasteiger charge is 2.11. The van der Waals surface area contributed by atoms with E-state index in [0.717, 1.165) is 20.5 Å². The molecule has 0 saturated carbocycles. The minimum absolute atomic E-state index is 0.00413. The number of nitrogens with zero attached hydrogens (tertiary/aromatic N) is 3. The van der Waals surface area contributed by atoms with Crippen LogP contribution in [0.3, 0.4) is 0 Å². The van der Waals surface area contributed by atoms with Crippen LogP contribution in [0.25, 0.3) is 11.3 Å². The van der Waals surface area contributed by atoms with Crippen LogP contribution in [0.5, 0.6) is 11.5 Å². The van der Waals surface area contributed by atoms with Crippen LogP contribution in [-0.4, -0.2) is 27.1 Å². The Hall–Kier alpha value is -2.64. The Labute approximate surface area is 169 Å². The molecule has 0 unspecified atom stereocenters. The quantitative estimate of drug-likeness (QED) is 0.441. The van der Waals surface area contributed by atoms with E-state index < -0.39 is 0 Å². The van der Waals surface area contributed by atoms with E-state index in [-0.39, 0.29) is 11.5 Å². The fourth-order valence-corrected chi connectivity index (χ4v) is 3.60. The molecule has 0 amide bonds. The Morgan fingerprint density at radius 3 is 2.63 bits per heavy atom. The van der Waals surface area contributed by atoms with Gasteiger partial charge in [0.15, 0.2) is 0 Å². The number of aromatic hydroxyl groups is 2. The summed E-state index contributed by atoms with van der Waals surface area (Å²) in [7, 11) is 0. The molecule has 138 valence electrons. The zero-order valence-corrected chi connectivity index (χ0v) is 17.0. The number of halogens is 1. The van der Waals surface area contributed by atoms with Gasteiger partial charge in [0.05, 0.1) is 18.0 Å². The number of hydrogen-bond donors (Lipinski definition) is 2. The Morgan fingerprint density at radius 1 is 1.22 bits per heavy atom. The van der Waals surface area contributed by atoms with E-state index in [1.54, 1.807) is 23.7 Å². The van der Waals surface area contributed by atoms with Gasteiger partial charge in [-0.25, -0.2) is 4.68 Å². The summed E-state index contributed by atoms with van der Waals surface area (Å²) in [6.07, 6.45) is 1.73. The van der Waals surface area contributed by atoms with Crippen molar-refractivity contribution < 1.29 is 10.2 Å². The molecular weight excluding hydrogens is 426 g/mol. The number of thiazole rings is 1. The zero-order chi connectivity index (χ0) is 19.4. The van der Waals surface area contributed by atoms with Crippen LogP contribution in [0.1, 0.15) is 12.5 Å². The van der Waals surface area contributed by atoms with Crippen molar-refractivity contribution >= 4 is 33.0 Å². The second kappa shape index (κ2) is 8.37. The monoisotopic (exact) mass is 443 g/mol. The molecule has 0 saturated heterocycles. The van der Waals surface area contributed by atoms with Crippen LogP contribution in [0.15, 0.2) is 75.1 Å². The van der Waals surface area contributed by atoms with Crippen LogP contribution in [-0.2, 0) is 0 Å². The van der Waals surface area contributed by atoms with Crippen molar-refractivity contribution in [2.45, 2.75) is 6.92 Å². The van der Waals surface area contributed by atoms with Gasteiger partial charge in [0.2, 0.25) is 4.80 Å². The van der Waals surface area contributed by atoms with Crippen LogP contribution < -0.4 is 4.80 Å². The van der Waals surface area contributed by atoms with Gasteiger partial charge >= 0.3 is 0 Å². The van der Waals surface area contributed by atoms with E-state index in [0.29, 0.717) is 17.8 Å². The molecule has 0 atom stereocenters. The molecule has 5 nitrogen and oxygen atoms in total. The Balaban J connectivity index is 2.15. The van der Waals surface area contributed by atoms with E-state index in [1.807, 2.05) is 29.6 Å². The molecule has 7 heteroatoms. The average molecular weight is 444 g/mol. The maximum absolute atomic E-state index is 10.1. The first kappa shape index (κ1) is 19.1. The van der Waals surface area contributed by atoms with Crippen LogP contribution in [0.2, 0.25) is 0 Å². The SMILES string of the molecule is C=CCN=c1scc(-c2ccc(Br)cc2)n1N=C(C)c1ccc(O)cc1O. The van der Waals surface area contributed by atoms with Gasteiger partial charge in [-0.15, -0.1) is 17.9 Å². The van der Waals surface area contributed by atoms with Crippen LogP contribution in [0.4, 0.5) is 0 Å². The third-order valence-corrected chi connectivity index (χ3v) is 5.18. The van der Waals surface area contributed by atoms with E-state index >= 15 is 0 Å². The van der Waals surface area contributed by atoms with Gasteiger partial charge < -0.3 is 10.2 Å². The van der Waals surface area contributed by atoms with Gasteiger partial charge in [0, 0.05) is 27.0 Å². The molecule has 0 aliphatic heterocycles. The number of aromatic nitrogens is 1. The summed E-state index contributed by atoms with van der Waals surface area (Å²) >= 11 is 4.94. The topological polar surface area (TPSA) is 70.1 Å². The summed E-state index contributed by atoms with van der Waals surface area (Å²) in [6.45, 7) is 6.00. The minimum Gasteiger partial charge on any atom is -0.508 e. The molecule has 0 spiro atoms. The number of benzene rings is 2. The molecule has 3 aromatic rings. The molecule has 0 aliphatic carbocycles. The highest BCUT2D eigenvalue weighted by Crippen LogP contribution is 2.25. The molecule has 1 aromatic heterocycles. The lowest BCUT2D eigenvalue weighted by Gasteiger charge is -2.08. The van der Waals surface area contributed by atoms with Crippen molar-refractivity contribution in [3.05, 3.63) is 75.3 Å². The van der Waals surface area contributed by atoms with Gasteiger partial charge in [0.25, 0.3) is 0 Å². The summed E-state index contributed by atoms with van der Waals surface area (Å²) in [4.78, 5) is 5.24. The van der Waals surface area contributed by atoms with Crippen LogP contribution in [0, 0.1) is 0 Å². The predicted molar refractivity (Wildman–Crippen MR) is 113 cm³/mol. The highest BCUT2D eigenvalue weighted by atomic mass is 79.9. The van der Waals surface area contributed by atoms with Crippen molar-refractivity contribution in [3.8, 4) is 22.8 Å². The van der Waals surface area contributed by atoms with Crippen molar-refractivity contribution in [2.24, 2.45) is 10.1 Å². The molecule has 0 radical (unpaired) electrons. The lowest BCUT2D eigenvalue weighted by atomic mass is 10.1. The third-order valence-electron chi connectivity index (χ3n) is 3.80. The van der Waals surface area contributed by atoms with E-state index in [4.69, 9.17) is 5.10 Å². The molecule has 3 rings (SSSR count). The van der Waals surface area contributed by atoms with E-state index in [1.165, 1.54) is 23.5 Å². The molecule has 1 heterocycles. The molecule has 0 fully saturated rings. The average Bonchev–Trinajstić information content (AvgIpc) is 3.03. The Kier molecular flexibility index (Phi) is 5.93. The summed E-state index contributed by atoms with van der Waals surface area (Å²) in [6, 6.07) is 12.4. The van der Waals surface area contributed by atoms with Crippen molar-refractivity contribution in [1.82, 2.24) is 4.68 Å². The molecular formula is C20H18BrN3O2S. The number of hydrogen-bond acceptors (Lipinski definition) is 5. The first-order valence-corrected chi connectivity index (χ1v) is 9.82. The maximum Gasteiger partial charge on any atom is 0.206 e. The Bertz CT molecular complexity index is 1070. The summed E-state index contributed by atoms with van der Waals surface area (Å²) < 4.78 is 2.76. The van der Waals surface area contributed by atoms with E-state index in [9.17, 15) is 10.2 Å². The normalized spacial score (nSPS) is 12.4. The third kappa shape index (κ3) is 4.37. The minimum atomic E-state index is -0.0261. The maximum atomic E-state index is 10.1. The summed E-state index contributed by atoms with van der Waals surface area (Å²) in [5.74, 6) is -0.0219. The van der Waals surface area contributed by atoms with Gasteiger partial charge in [-0.1, -0.05) is 34.1 Å². The zero-order valence-electron chi connectivity index (χ0n) is 14.6. The van der Waals surface area contributed by atoms with Crippen molar-refractivity contribution in [3.63, 3.8) is 0 Å². The molecule has 2 N–H and O–H groups in total. The fraction of sp³-hybridized carbons (Fsp3) is 0.100. The van der Waals surface area contributed by atoms with Gasteiger partial charge in [0.1, 0.15) is 11.5 Å². The van der Waals surface area contributed by atoms with Gasteiger partial charge in [-0.2, -0.15) is 5.10 Å². The molecule has 27 heavy (non-hydrogen) atoms. The number of phenolic OH excluding ortho intramolecular Hbond substituents is 2. The second-order valence-electron chi connectivity index (χ2n) is 5.74. The van der Waals surface area contributed by atoms with Gasteiger partial charge in [-0.05, 0) is 31.2 Å². The molecule has 2 aromatic carbocycles. The largest absolute Gasteiger partial charge is 0.508 e. The first-order valence-electron chi connectivity index (χ1n) is 8.15. The smallest absolute Gasteiger partial charge is 0.206 e. The van der Waals surface area contributed by atoms with Crippen LogP contribution >= 0.6 is 27.3 Å². The molecule has 0 bridgehead atoms. The molecule has 0 aliphatic rings. The second-order valence-corrected chi connectivity index (χ2v) is 7.49.